The van der Waals surface area contributed by atoms with Gasteiger partial charge < -0.3 is 20.0 Å². The van der Waals surface area contributed by atoms with Gasteiger partial charge in [-0.05, 0) is 32.4 Å². The maximum atomic E-state index is 11.3. The van der Waals surface area contributed by atoms with Gasteiger partial charge in [-0.25, -0.2) is 4.79 Å². The topological polar surface area (TPSA) is 91.3 Å². The molecule has 1 N–H and O–H groups in total. The van der Waals surface area contributed by atoms with Crippen LogP contribution in [0.3, 0.4) is 0 Å². The van der Waals surface area contributed by atoms with Crippen LogP contribution < -0.4 is 29.3 Å². The zero-order valence-electron chi connectivity index (χ0n) is 11.5. The molecule has 1 rings (SSSR count). The molecule has 0 unspecified atom stereocenters. The average Bonchev–Trinajstić information content (AvgIpc) is 2.24. The molecule has 0 spiro atoms. The molecule has 1 aromatic rings. The number of carbonyl (C=O) groups excluding carboxylic acids is 2. The number of alkyl carbamates (subject to hydrolysis) is 1. The molecule has 0 fully saturated rings. The Hall–Kier alpha value is -1.51. The maximum absolute atomic E-state index is 11.3. The first-order valence-corrected chi connectivity index (χ1v) is 5.41. The van der Waals surface area contributed by atoms with E-state index >= 15 is 0 Å². The number of carboxylic acids is 1. The standard InChI is InChI=1S/C12H16N2O4.Li/c1-12(2,3)18-11(17)14-7-8-4-5-9(10(15)16)13-6-8;/h4-6H,7H2,1-3H3,(H,14,17)(H,15,16);/q;+1/p-1. The number of nitrogens with one attached hydrogen (secondary N) is 1. The van der Waals surface area contributed by atoms with Crippen LogP contribution in [-0.2, 0) is 11.3 Å². The van der Waals surface area contributed by atoms with E-state index in [1.54, 1.807) is 26.8 Å². The van der Waals surface area contributed by atoms with Gasteiger partial charge in [0, 0.05) is 12.7 Å². The summed E-state index contributed by atoms with van der Waals surface area (Å²) in [6.07, 6.45) is 0.828. The number of aromatic carboxylic acids is 1. The molecule has 0 bridgehead atoms. The molecular weight excluding hydrogens is 243 g/mol. The Morgan fingerprint density at radius 3 is 2.42 bits per heavy atom. The number of ether oxygens (including phenoxy) is 1. The molecule has 1 amide bonds. The van der Waals surface area contributed by atoms with Crippen molar-refractivity contribution in [3.63, 3.8) is 0 Å². The molecule has 0 aliphatic heterocycles. The van der Waals surface area contributed by atoms with Crippen molar-refractivity contribution in [2.24, 2.45) is 0 Å². The van der Waals surface area contributed by atoms with Crippen molar-refractivity contribution in [3.8, 4) is 0 Å². The van der Waals surface area contributed by atoms with Crippen LogP contribution in [0.25, 0.3) is 0 Å². The van der Waals surface area contributed by atoms with Crippen LogP contribution in [0.5, 0.6) is 0 Å². The number of aromatic nitrogens is 1. The third-order valence-corrected chi connectivity index (χ3v) is 1.87. The van der Waals surface area contributed by atoms with E-state index in [-0.39, 0.29) is 31.1 Å². The minimum atomic E-state index is -1.33. The Morgan fingerprint density at radius 2 is 2.00 bits per heavy atom. The van der Waals surface area contributed by atoms with E-state index in [0.717, 1.165) is 0 Å². The summed E-state index contributed by atoms with van der Waals surface area (Å²) in [5.74, 6) is -1.33. The van der Waals surface area contributed by atoms with Crippen LogP contribution in [0.1, 0.15) is 36.8 Å². The van der Waals surface area contributed by atoms with E-state index in [1.165, 1.54) is 12.3 Å². The van der Waals surface area contributed by atoms with Crippen LogP contribution in [0.15, 0.2) is 18.3 Å². The zero-order valence-corrected chi connectivity index (χ0v) is 11.5. The van der Waals surface area contributed by atoms with Crippen molar-refractivity contribution in [3.05, 3.63) is 29.6 Å². The largest absolute Gasteiger partial charge is 1.00 e. The predicted octanol–water partition coefficient (Wildman–Crippen LogP) is -2.53. The first-order chi connectivity index (χ1) is 8.28. The Bertz CT molecular complexity index is 440. The summed E-state index contributed by atoms with van der Waals surface area (Å²) >= 11 is 0. The predicted molar refractivity (Wildman–Crippen MR) is 61.6 cm³/mol. The van der Waals surface area contributed by atoms with Crippen molar-refractivity contribution in [1.29, 1.82) is 0 Å². The molecule has 6 nitrogen and oxygen atoms in total. The number of amides is 1. The molecule has 19 heavy (non-hydrogen) atoms. The second-order valence-electron chi connectivity index (χ2n) is 4.69. The quantitative estimate of drug-likeness (QED) is 0.604. The number of carbonyl (C=O) groups is 2. The van der Waals surface area contributed by atoms with Crippen LogP contribution in [-0.4, -0.2) is 22.6 Å². The Morgan fingerprint density at radius 1 is 1.37 bits per heavy atom. The SMILES string of the molecule is CC(C)(C)OC(=O)NCc1ccc(C(=O)[O-])nc1.[Li+]. The second-order valence-corrected chi connectivity index (χ2v) is 4.69. The fraction of sp³-hybridized carbons (Fsp3) is 0.417. The average molecular weight is 258 g/mol. The first-order valence-electron chi connectivity index (χ1n) is 5.41. The number of rotatable bonds is 3. The van der Waals surface area contributed by atoms with E-state index in [2.05, 4.69) is 10.3 Å². The minimum absolute atomic E-state index is 0. The van der Waals surface area contributed by atoms with Gasteiger partial charge >= 0.3 is 25.0 Å². The van der Waals surface area contributed by atoms with E-state index in [9.17, 15) is 14.7 Å². The summed E-state index contributed by atoms with van der Waals surface area (Å²) in [4.78, 5) is 25.5. The molecular formula is C12H15LiN2O4. The summed E-state index contributed by atoms with van der Waals surface area (Å²) in [6.45, 7) is 5.52. The third-order valence-electron chi connectivity index (χ3n) is 1.87. The van der Waals surface area contributed by atoms with Crippen molar-refractivity contribution in [2.45, 2.75) is 32.9 Å². The Labute approximate surface area is 123 Å². The smallest absolute Gasteiger partial charge is 0.543 e. The molecule has 0 aromatic carbocycles. The van der Waals surface area contributed by atoms with Gasteiger partial charge in [0.25, 0.3) is 0 Å². The molecule has 0 radical (unpaired) electrons. The van der Waals surface area contributed by atoms with E-state index in [4.69, 9.17) is 4.74 Å². The Kier molecular flexibility index (Phi) is 6.60. The van der Waals surface area contributed by atoms with Gasteiger partial charge in [-0.2, -0.15) is 0 Å². The number of hydrogen-bond acceptors (Lipinski definition) is 5. The molecule has 0 saturated heterocycles. The van der Waals surface area contributed by atoms with Crippen molar-refractivity contribution >= 4 is 12.1 Å². The van der Waals surface area contributed by atoms with Crippen LogP contribution in [0.4, 0.5) is 4.79 Å². The number of nitrogens with zero attached hydrogens (tertiary/aromatic N) is 1. The minimum Gasteiger partial charge on any atom is -0.543 e. The van der Waals surface area contributed by atoms with Crippen molar-refractivity contribution in [1.82, 2.24) is 10.3 Å². The molecule has 7 heteroatoms. The van der Waals surface area contributed by atoms with Crippen LogP contribution in [0.2, 0.25) is 0 Å². The van der Waals surface area contributed by atoms with Crippen molar-refractivity contribution in [2.75, 3.05) is 0 Å². The molecule has 98 valence electrons. The van der Waals surface area contributed by atoms with E-state index in [0.29, 0.717) is 5.56 Å². The summed E-state index contributed by atoms with van der Waals surface area (Å²) in [5, 5.41) is 13.0. The fourth-order valence-electron chi connectivity index (χ4n) is 1.14. The Balaban J connectivity index is 0.00000324. The summed E-state index contributed by atoms with van der Waals surface area (Å²) in [7, 11) is 0. The van der Waals surface area contributed by atoms with Gasteiger partial charge in [0.15, 0.2) is 0 Å². The van der Waals surface area contributed by atoms with E-state index in [1.807, 2.05) is 0 Å². The molecule has 0 atom stereocenters. The maximum Gasteiger partial charge on any atom is 1.00 e. The molecule has 0 aliphatic carbocycles. The molecule has 0 saturated carbocycles. The van der Waals surface area contributed by atoms with Gasteiger partial charge in [0.1, 0.15) is 5.60 Å². The molecule has 0 aliphatic rings. The summed E-state index contributed by atoms with van der Waals surface area (Å²) < 4.78 is 5.05. The van der Waals surface area contributed by atoms with Gasteiger partial charge in [0.2, 0.25) is 0 Å². The van der Waals surface area contributed by atoms with Crippen LogP contribution >= 0.6 is 0 Å². The summed E-state index contributed by atoms with van der Waals surface area (Å²) in [6, 6.07) is 2.87. The van der Waals surface area contributed by atoms with E-state index < -0.39 is 17.7 Å². The monoisotopic (exact) mass is 258 g/mol. The number of carboxylic acid groups (broad SMARTS) is 1. The van der Waals surface area contributed by atoms with Gasteiger partial charge in [0.05, 0.1) is 11.7 Å². The third kappa shape index (κ3) is 6.84. The fourth-order valence-corrected chi connectivity index (χ4v) is 1.14. The zero-order chi connectivity index (χ0) is 13.8. The van der Waals surface area contributed by atoms with Gasteiger partial charge in [-0.15, -0.1) is 0 Å². The summed E-state index contributed by atoms with van der Waals surface area (Å²) in [5.41, 5.74) is -0.0249. The number of hydrogen-bond donors (Lipinski definition) is 1. The molecule has 1 heterocycles. The van der Waals surface area contributed by atoms with Gasteiger partial charge in [-0.1, -0.05) is 6.07 Å². The molecule has 1 aromatic heterocycles. The van der Waals surface area contributed by atoms with Crippen molar-refractivity contribution < 1.29 is 38.3 Å². The normalized spacial score (nSPS) is 10.3. The first kappa shape index (κ1) is 17.5. The van der Waals surface area contributed by atoms with Gasteiger partial charge in [-0.3, -0.25) is 4.98 Å². The number of pyridine rings is 1. The van der Waals surface area contributed by atoms with Crippen LogP contribution in [0, 0.1) is 0 Å². The second kappa shape index (κ2) is 7.17.